The van der Waals surface area contributed by atoms with Gasteiger partial charge in [-0.05, 0) is 25.2 Å². The van der Waals surface area contributed by atoms with Crippen LogP contribution in [-0.2, 0) is 0 Å². The summed E-state index contributed by atoms with van der Waals surface area (Å²) in [5, 5.41) is 3.17. The van der Waals surface area contributed by atoms with Crippen LogP contribution >= 0.6 is 11.8 Å². The Morgan fingerprint density at radius 3 is 2.39 bits per heavy atom. The Labute approximate surface area is 111 Å². The lowest BCUT2D eigenvalue weighted by Gasteiger charge is -2.16. The molecule has 0 bridgehead atoms. The summed E-state index contributed by atoms with van der Waals surface area (Å²) in [6, 6.07) is 17.1. The third kappa shape index (κ3) is 3.34. The van der Waals surface area contributed by atoms with Crippen molar-refractivity contribution in [2.75, 3.05) is 12.8 Å². The van der Waals surface area contributed by atoms with E-state index in [1.165, 1.54) is 11.0 Å². The van der Waals surface area contributed by atoms with Crippen LogP contribution in [0.5, 0.6) is 0 Å². The Kier molecular flexibility index (Phi) is 4.79. The number of hydrogen-bond donors (Lipinski definition) is 1. The smallest absolute Gasteiger partial charge is 0.128 e. The van der Waals surface area contributed by atoms with Gasteiger partial charge in [0.25, 0.3) is 0 Å². The predicted octanol–water partition coefficient (Wildman–Crippen LogP) is 3.88. The van der Waals surface area contributed by atoms with Gasteiger partial charge in [-0.25, -0.2) is 4.39 Å². The quantitative estimate of drug-likeness (QED) is 0.820. The van der Waals surface area contributed by atoms with E-state index in [9.17, 15) is 4.39 Å². The minimum absolute atomic E-state index is 0.0245. The van der Waals surface area contributed by atoms with Crippen molar-refractivity contribution >= 4 is 11.8 Å². The zero-order valence-corrected chi connectivity index (χ0v) is 11.1. The Morgan fingerprint density at radius 2 is 1.72 bits per heavy atom. The van der Waals surface area contributed by atoms with E-state index < -0.39 is 0 Å². The minimum Gasteiger partial charge on any atom is -0.312 e. The van der Waals surface area contributed by atoms with Crippen LogP contribution in [0.4, 0.5) is 4.39 Å². The Morgan fingerprint density at radius 1 is 1.06 bits per heavy atom. The first-order valence-electron chi connectivity index (χ1n) is 5.91. The highest BCUT2D eigenvalue weighted by Gasteiger charge is 2.13. The zero-order chi connectivity index (χ0) is 12.8. The van der Waals surface area contributed by atoms with Crippen LogP contribution in [0.15, 0.2) is 59.5 Å². The maximum Gasteiger partial charge on any atom is 0.128 e. The lowest BCUT2D eigenvalue weighted by molar-refractivity contribution is 0.566. The van der Waals surface area contributed by atoms with E-state index in [1.807, 2.05) is 37.4 Å². The van der Waals surface area contributed by atoms with Gasteiger partial charge in [0.1, 0.15) is 5.82 Å². The van der Waals surface area contributed by atoms with Crippen molar-refractivity contribution in [3.63, 3.8) is 0 Å². The molecule has 0 radical (unpaired) electrons. The second kappa shape index (κ2) is 6.57. The van der Waals surface area contributed by atoms with Crippen LogP contribution in [0.2, 0.25) is 0 Å². The molecule has 0 aliphatic carbocycles. The maximum absolute atomic E-state index is 13.7. The fourth-order valence-electron chi connectivity index (χ4n) is 1.78. The van der Waals surface area contributed by atoms with Gasteiger partial charge in [0, 0.05) is 22.3 Å². The van der Waals surface area contributed by atoms with Gasteiger partial charge in [-0.15, -0.1) is 11.8 Å². The summed E-state index contributed by atoms with van der Waals surface area (Å²) < 4.78 is 13.7. The third-order valence-electron chi connectivity index (χ3n) is 2.79. The Bertz CT molecular complexity index is 487. The Balaban J connectivity index is 2.04. The molecule has 1 N–H and O–H groups in total. The van der Waals surface area contributed by atoms with Crippen molar-refractivity contribution in [2.24, 2.45) is 0 Å². The van der Waals surface area contributed by atoms with Gasteiger partial charge >= 0.3 is 0 Å². The van der Waals surface area contributed by atoms with Crippen LogP contribution < -0.4 is 5.32 Å². The lowest BCUT2D eigenvalue weighted by Crippen LogP contribution is -2.19. The summed E-state index contributed by atoms with van der Waals surface area (Å²) in [4.78, 5) is 1.20. The molecule has 0 saturated carbocycles. The van der Waals surface area contributed by atoms with Crippen molar-refractivity contribution in [1.82, 2.24) is 5.32 Å². The van der Waals surface area contributed by atoms with Crippen molar-refractivity contribution in [1.29, 1.82) is 0 Å². The molecule has 18 heavy (non-hydrogen) atoms. The monoisotopic (exact) mass is 261 g/mol. The van der Waals surface area contributed by atoms with Crippen LogP contribution in [0.3, 0.4) is 0 Å². The van der Waals surface area contributed by atoms with Crippen LogP contribution in [0, 0.1) is 5.82 Å². The van der Waals surface area contributed by atoms with Gasteiger partial charge in [0.15, 0.2) is 0 Å². The fourth-order valence-corrected chi connectivity index (χ4v) is 2.84. The fraction of sp³-hybridized carbons (Fsp3) is 0.200. The first-order chi connectivity index (χ1) is 8.81. The molecule has 2 aromatic carbocycles. The zero-order valence-electron chi connectivity index (χ0n) is 10.3. The van der Waals surface area contributed by atoms with Crippen molar-refractivity contribution in [3.8, 4) is 0 Å². The maximum atomic E-state index is 13.7. The molecule has 3 heteroatoms. The summed E-state index contributed by atoms with van der Waals surface area (Å²) in [6.07, 6.45) is 0. The topological polar surface area (TPSA) is 12.0 Å². The van der Waals surface area contributed by atoms with E-state index in [2.05, 4.69) is 17.4 Å². The normalized spacial score (nSPS) is 12.3. The minimum atomic E-state index is -0.148. The second-order valence-electron chi connectivity index (χ2n) is 3.99. The van der Waals surface area contributed by atoms with Crippen LogP contribution in [-0.4, -0.2) is 12.8 Å². The average Bonchev–Trinajstić information content (AvgIpc) is 2.42. The number of halogens is 1. The molecule has 0 aromatic heterocycles. The Hall–Kier alpha value is -1.32. The molecule has 0 spiro atoms. The van der Waals surface area contributed by atoms with E-state index in [-0.39, 0.29) is 11.9 Å². The molecule has 0 fully saturated rings. The predicted molar refractivity (Wildman–Crippen MR) is 75.4 cm³/mol. The van der Waals surface area contributed by atoms with Crippen LogP contribution in [0.1, 0.15) is 11.6 Å². The van der Waals surface area contributed by atoms with Crippen molar-refractivity contribution < 1.29 is 4.39 Å². The molecular formula is C15H16FNS. The summed E-state index contributed by atoms with van der Waals surface area (Å²) in [5.74, 6) is 0.659. The number of benzene rings is 2. The highest BCUT2D eigenvalue weighted by Crippen LogP contribution is 2.25. The largest absolute Gasteiger partial charge is 0.312 e. The highest BCUT2D eigenvalue weighted by molar-refractivity contribution is 7.99. The molecule has 1 unspecified atom stereocenters. The van der Waals surface area contributed by atoms with Gasteiger partial charge in [-0.1, -0.05) is 36.4 Å². The van der Waals surface area contributed by atoms with Gasteiger partial charge in [-0.3, -0.25) is 0 Å². The summed E-state index contributed by atoms with van der Waals surface area (Å²) in [5.41, 5.74) is 0.725. The van der Waals surface area contributed by atoms with E-state index in [1.54, 1.807) is 17.8 Å². The standard InChI is InChI=1S/C15H16FNS/c1-17-15(13-9-5-6-10-14(13)16)11-18-12-7-3-2-4-8-12/h2-10,15,17H,11H2,1H3. The number of nitrogens with one attached hydrogen (secondary N) is 1. The first-order valence-corrected chi connectivity index (χ1v) is 6.89. The first kappa shape index (κ1) is 13.1. The molecule has 94 valence electrons. The molecule has 0 saturated heterocycles. The lowest BCUT2D eigenvalue weighted by atomic mass is 10.1. The van der Waals surface area contributed by atoms with E-state index in [4.69, 9.17) is 0 Å². The summed E-state index contributed by atoms with van der Waals surface area (Å²) in [7, 11) is 1.86. The number of rotatable bonds is 5. The number of thioether (sulfide) groups is 1. The average molecular weight is 261 g/mol. The van der Waals surface area contributed by atoms with E-state index >= 15 is 0 Å². The highest BCUT2D eigenvalue weighted by atomic mass is 32.2. The van der Waals surface area contributed by atoms with E-state index in [0.29, 0.717) is 0 Å². The van der Waals surface area contributed by atoms with Gasteiger partial charge in [0.05, 0.1) is 0 Å². The SMILES string of the molecule is CNC(CSc1ccccc1)c1ccccc1F. The molecule has 2 rings (SSSR count). The van der Waals surface area contributed by atoms with Crippen molar-refractivity contribution in [3.05, 3.63) is 66.0 Å². The second-order valence-corrected chi connectivity index (χ2v) is 5.08. The van der Waals surface area contributed by atoms with Crippen molar-refractivity contribution in [2.45, 2.75) is 10.9 Å². The molecule has 0 aliphatic rings. The molecule has 0 heterocycles. The van der Waals surface area contributed by atoms with E-state index in [0.717, 1.165) is 11.3 Å². The molecule has 0 amide bonds. The van der Waals surface area contributed by atoms with Crippen LogP contribution in [0.25, 0.3) is 0 Å². The van der Waals surface area contributed by atoms with Gasteiger partial charge < -0.3 is 5.32 Å². The van der Waals surface area contributed by atoms with Gasteiger partial charge in [-0.2, -0.15) is 0 Å². The molecule has 2 aromatic rings. The molecule has 0 aliphatic heterocycles. The molecular weight excluding hydrogens is 245 g/mol. The number of hydrogen-bond acceptors (Lipinski definition) is 2. The van der Waals surface area contributed by atoms with Gasteiger partial charge in [0.2, 0.25) is 0 Å². The summed E-state index contributed by atoms with van der Waals surface area (Å²) >= 11 is 1.73. The third-order valence-corrected chi connectivity index (χ3v) is 3.89. The summed E-state index contributed by atoms with van der Waals surface area (Å²) in [6.45, 7) is 0. The molecule has 1 atom stereocenters. The molecule has 1 nitrogen and oxygen atoms in total.